The van der Waals surface area contributed by atoms with E-state index in [1.165, 1.54) is 23.6 Å². The number of piperazine rings is 1. The highest BCUT2D eigenvalue weighted by Crippen LogP contribution is 2.33. The van der Waals surface area contributed by atoms with Crippen LogP contribution >= 0.6 is 11.6 Å². The van der Waals surface area contributed by atoms with Crippen LogP contribution < -0.4 is 9.62 Å². The molecule has 5 rings (SSSR count). The van der Waals surface area contributed by atoms with Crippen LogP contribution in [0.2, 0.25) is 5.02 Å². The molecular formula is C23H27ClFN7O2S. The lowest BCUT2D eigenvalue weighted by molar-refractivity contribution is 0.248. The fourth-order valence-corrected chi connectivity index (χ4v) is 5.84. The molecule has 12 heteroatoms. The third kappa shape index (κ3) is 5.26. The van der Waals surface area contributed by atoms with Crippen LogP contribution in [0.25, 0.3) is 16.9 Å². The predicted molar refractivity (Wildman–Crippen MR) is 134 cm³/mol. The van der Waals surface area contributed by atoms with Crippen molar-refractivity contribution in [2.75, 3.05) is 41.6 Å². The Hall–Kier alpha value is -2.76. The maximum atomic E-state index is 14.7. The van der Waals surface area contributed by atoms with Crippen molar-refractivity contribution in [3.8, 4) is 16.9 Å². The van der Waals surface area contributed by atoms with Crippen LogP contribution in [0.1, 0.15) is 26.2 Å². The summed E-state index contributed by atoms with van der Waals surface area (Å²) in [6.07, 6.45) is 8.14. The van der Waals surface area contributed by atoms with Gasteiger partial charge in [-0.25, -0.2) is 17.5 Å². The van der Waals surface area contributed by atoms with E-state index in [4.69, 9.17) is 11.6 Å². The van der Waals surface area contributed by atoms with Crippen molar-refractivity contribution in [1.82, 2.24) is 24.9 Å². The molecule has 9 nitrogen and oxygen atoms in total. The topological polar surface area (TPSA) is 96.2 Å². The van der Waals surface area contributed by atoms with Gasteiger partial charge in [0.1, 0.15) is 11.4 Å². The molecule has 1 aromatic carbocycles. The summed E-state index contributed by atoms with van der Waals surface area (Å²) in [6, 6.07) is 5.21. The van der Waals surface area contributed by atoms with Gasteiger partial charge in [0, 0.05) is 44.0 Å². The Labute approximate surface area is 208 Å². The molecule has 1 aliphatic carbocycles. The maximum Gasteiger partial charge on any atom is 0.232 e. The number of nitrogens with one attached hydrogen (secondary N) is 1. The molecule has 1 aliphatic heterocycles. The van der Waals surface area contributed by atoms with Crippen LogP contribution in [-0.4, -0.2) is 71.3 Å². The number of rotatable bonds is 8. The highest BCUT2D eigenvalue weighted by molar-refractivity contribution is 7.92. The minimum Gasteiger partial charge on any atom is -0.368 e. The van der Waals surface area contributed by atoms with Crippen LogP contribution in [0.5, 0.6) is 0 Å². The number of nitrogens with zero attached hydrogens (tertiary/aromatic N) is 6. The van der Waals surface area contributed by atoms with Crippen LogP contribution in [-0.2, 0) is 10.0 Å². The number of hydrogen-bond acceptors (Lipinski definition) is 7. The summed E-state index contributed by atoms with van der Waals surface area (Å²) in [7, 11) is -3.60. The molecule has 3 heterocycles. The van der Waals surface area contributed by atoms with E-state index in [1.807, 2.05) is 12.3 Å². The first-order valence-electron chi connectivity index (χ1n) is 11.7. The lowest BCUT2D eigenvalue weighted by Gasteiger charge is -2.36. The fraction of sp³-hybridized carbons (Fsp3) is 0.435. The lowest BCUT2D eigenvalue weighted by atomic mass is 10.2. The second-order valence-electron chi connectivity index (χ2n) is 8.91. The quantitative estimate of drug-likeness (QED) is 0.486. The van der Waals surface area contributed by atoms with E-state index in [0.717, 1.165) is 49.5 Å². The molecule has 0 bridgehead atoms. The zero-order valence-corrected chi connectivity index (χ0v) is 20.9. The molecule has 0 atom stereocenters. The van der Waals surface area contributed by atoms with Gasteiger partial charge < -0.3 is 4.90 Å². The number of sulfonamides is 1. The summed E-state index contributed by atoms with van der Waals surface area (Å²) in [6.45, 7) is 5.72. The van der Waals surface area contributed by atoms with Gasteiger partial charge in [-0.1, -0.05) is 23.7 Å². The average molecular weight is 520 g/mol. The average Bonchev–Trinajstić information content (AvgIpc) is 3.59. The van der Waals surface area contributed by atoms with E-state index in [9.17, 15) is 12.8 Å². The van der Waals surface area contributed by atoms with Crippen molar-refractivity contribution in [2.24, 2.45) is 0 Å². The molecule has 1 saturated heterocycles. The molecular weight excluding hydrogens is 493 g/mol. The summed E-state index contributed by atoms with van der Waals surface area (Å²) in [4.78, 5) is 9.24. The number of halogens is 2. The SMILES string of the molecule is CCCS(=O)(=O)Nc1ccc(F)c(-n2cc(-c3cncc(N4CCN(C5CC5)CC4)c3)nn2)c1Cl. The van der Waals surface area contributed by atoms with E-state index < -0.39 is 15.8 Å². The standard InChI is InChI=1S/C23H27ClFN7O2S/c1-2-11-35(33,34)28-20-6-5-19(25)23(22(20)24)32-15-21(27-29-32)16-12-18(14-26-13-16)31-9-7-30(8-10-31)17-3-4-17/h5-6,12-15,17,28H,2-4,7-11H2,1H3. The first-order valence-corrected chi connectivity index (χ1v) is 13.7. The third-order valence-corrected chi connectivity index (χ3v) is 8.15. The van der Waals surface area contributed by atoms with Gasteiger partial charge in [-0.05, 0) is 37.5 Å². The lowest BCUT2D eigenvalue weighted by Crippen LogP contribution is -2.47. The van der Waals surface area contributed by atoms with Gasteiger partial charge in [0.25, 0.3) is 0 Å². The second-order valence-corrected chi connectivity index (χ2v) is 11.1. The largest absolute Gasteiger partial charge is 0.368 e. The first kappa shape index (κ1) is 24.0. The third-order valence-electron chi connectivity index (χ3n) is 6.29. The van der Waals surface area contributed by atoms with E-state index >= 15 is 0 Å². The molecule has 1 saturated carbocycles. The van der Waals surface area contributed by atoms with Crippen LogP contribution in [0.4, 0.5) is 15.8 Å². The Bertz CT molecular complexity index is 1320. The molecule has 0 radical (unpaired) electrons. The van der Waals surface area contributed by atoms with E-state index in [-0.39, 0.29) is 22.2 Å². The van der Waals surface area contributed by atoms with Crippen LogP contribution in [0.3, 0.4) is 0 Å². The highest BCUT2D eigenvalue weighted by Gasteiger charge is 2.31. The van der Waals surface area contributed by atoms with E-state index in [1.54, 1.807) is 19.3 Å². The molecule has 35 heavy (non-hydrogen) atoms. The van der Waals surface area contributed by atoms with Gasteiger partial charge in [-0.3, -0.25) is 14.6 Å². The number of aromatic nitrogens is 4. The van der Waals surface area contributed by atoms with Gasteiger partial charge >= 0.3 is 0 Å². The van der Waals surface area contributed by atoms with Gasteiger partial charge in [-0.15, -0.1) is 5.10 Å². The smallest absolute Gasteiger partial charge is 0.232 e. The highest BCUT2D eigenvalue weighted by atomic mass is 35.5. The van der Waals surface area contributed by atoms with Crippen molar-refractivity contribution < 1.29 is 12.8 Å². The Morgan fingerprint density at radius 2 is 1.94 bits per heavy atom. The number of pyridine rings is 1. The molecule has 2 aromatic heterocycles. The fourth-order valence-electron chi connectivity index (χ4n) is 4.35. The monoisotopic (exact) mass is 519 g/mol. The molecule has 0 unspecified atom stereocenters. The van der Waals surface area contributed by atoms with Crippen molar-refractivity contribution >= 4 is 33.0 Å². The Morgan fingerprint density at radius 1 is 1.17 bits per heavy atom. The van der Waals surface area contributed by atoms with Crippen LogP contribution in [0, 0.1) is 5.82 Å². The first-order chi connectivity index (χ1) is 16.8. The van der Waals surface area contributed by atoms with Gasteiger partial charge in [-0.2, -0.15) is 0 Å². The number of anilines is 2. The predicted octanol–water partition coefficient (Wildman–Crippen LogP) is 3.56. The van der Waals surface area contributed by atoms with Gasteiger partial charge in [0.05, 0.1) is 34.5 Å². The number of hydrogen-bond donors (Lipinski definition) is 1. The molecule has 186 valence electrons. The number of benzene rings is 1. The zero-order chi connectivity index (χ0) is 24.6. The van der Waals surface area contributed by atoms with Gasteiger partial charge in [0.2, 0.25) is 10.0 Å². The Morgan fingerprint density at radius 3 is 2.66 bits per heavy atom. The summed E-state index contributed by atoms with van der Waals surface area (Å²) >= 11 is 6.40. The molecule has 2 fully saturated rings. The summed E-state index contributed by atoms with van der Waals surface area (Å²) in [5.41, 5.74) is 2.26. The van der Waals surface area contributed by atoms with E-state index in [0.29, 0.717) is 12.1 Å². The summed E-state index contributed by atoms with van der Waals surface area (Å²) < 4.78 is 42.7. The van der Waals surface area contributed by atoms with Crippen molar-refractivity contribution in [3.63, 3.8) is 0 Å². The van der Waals surface area contributed by atoms with Crippen molar-refractivity contribution in [3.05, 3.63) is 47.6 Å². The minimum atomic E-state index is -3.60. The molecule has 0 amide bonds. The van der Waals surface area contributed by atoms with E-state index in [2.05, 4.69) is 29.8 Å². The summed E-state index contributed by atoms with van der Waals surface area (Å²) in [5, 5.41) is 8.15. The normalized spacial score (nSPS) is 17.1. The minimum absolute atomic E-state index is 0.0670. The molecule has 1 N–H and O–H groups in total. The van der Waals surface area contributed by atoms with Gasteiger partial charge in [0.15, 0.2) is 5.82 Å². The maximum absolute atomic E-state index is 14.7. The van der Waals surface area contributed by atoms with Crippen molar-refractivity contribution in [2.45, 2.75) is 32.2 Å². The second kappa shape index (κ2) is 9.71. The Balaban J connectivity index is 1.38. The molecule has 0 spiro atoms. The Kier molecular flexibility index (Phi) is 6.65. The zero-order valence-electron chi connectivity index (χ0n) is 19.4. The summed E-state index contributed by atoms with van der Waals surface area (Å²) in [5.74, 6) is -0.715. The van der Waals surface area contributed by atoms with Crippen molar-refractivity contribution in [1.29, 1.82) is 0 Å². The molecule has 3 aromatic rings. The van der Waals surface area contributed by atoms with Crippen LogP contribution in [0.15, 0.2) is 36.8 Å². The molecule has 2 aliphatic rings.